The van der Waals surface area contributed by atoms with Gasteiger partial charge in [0.05, 0.1) is 12.5 Å². The van der Waals surface area contributed by atoms with Crippen molar-refractivity contribution >= 4 is 5.91 Å². The minimum Gasteiger partial charge on any atom is -0.350 e. The first-order valence-corrected chi connectivity index (χ1v) is 4.08. The first kappa shape index (κ1) is 9.99. The van der Waals surface area contributed by atoms with Crippen molar-refractivity contribution in [3.63, 3.8) is 0 Å². The Hall–Kier alpha value is -2.09. The Labute approximate surface area is 80.4 Å². The van der Waals surface area contributed by atoms with E-state index in [4.69, 9.17) is 5.26 Å². The SMILES string of the molecule is N#CCCNC(=O)c1cccc(=O)[nH]1. The third-order valence-corrected chi connectivity index (χ3v) is 1.54. The molecule has 14 heavy (non-hydrogen) atoms. The highest BCUT2D eigenvalue weighted by atomic mass is 16.2. The summed E-state index contributed by atoms with van der Waals surface area (Å²) >= 11 is 0. The van der Waals surface area contributed by atoms with Crippen LogP contribution in [-0.4, -0.2) is 17.4 Å². The number of aromatic nitrogens is 1. The Balaban J connectivity index is 2.62. The average molecular weight is 191 g/mol. The molecule has 0 aliphatic heterocycles. The van der Waals surface area contributed by atoms with E-state index in [1.165, 1.54) is 18.2 Å². The molecule has 0 aromatic carbocycles. The van der Waals surface area contributed by atoms with Crippen LogP contribution in [0.3, 0.4) is 0 Å². The highest BCUT2D eigenvalue weighted by Gasteiger charge is 2.03. The number of nitrogens with one attached hydrogen (secondary N) is 2. The van der Waals surface area contributed by atoms with Crippen molar-refractivity contribution in [2.24, 2.45) is 0 Å². The summed E-state index contributed by atoms with van der Waals surface area (Å²) in [6.07, 6.45) is 0.253. The number of hydrogen-bond acceptors (Lipinski definition) is 3. The van der Waals surface area contributed by atoms with Crippen LogP contribution in [-0.2, 0) is 0 Å². The first-order valence-electron chi connectivity index (χ1n) is 4.08. The van der Waals surface area contributed by atoms with Crippen molar-refractivity contribution < 1.29 is 4.79 Å². The van der Waals surface area contributed by atoms with Gasteiger partial charge in [-0.15, -0.1) is 0 Å². The van der Waals surface area contributed by atoms with E-state index < -0.39 is 0 Å². The summed E-state index contributed by atoms with van der Waals surface area (Å²) in [5.74, 6) is -0.377. The van der Waals surface area contributed by atoms with Crippen molar-refractivity contribution in [2.45, 2.75) is 6.42 Å². The lowest BCUT2D eigenvalue weighted by Gasteiger charge is -2.01. The molecular weight excluding hydrogens is 182 g/mol. The molecule has 0 atom stereocenters. The summed E-state index contributed by atoms with van der Waals surface area (Å²) in [5.41, 5.74) is -0.117. The van der Waals surface area contributed by atoms with Gasteiger partial charge in [-0.1, -0.05) is 6.07 Å². The molecule has 5 nitrogen and oxygen atoms in total. The molecule has 0 aliphatic carbocycles. The lowest BCUT2D eigenvalue weighted by Crippen LogP contribution is -2.26. The van der Waals surface area contributed by atoms with Crippen LogP contribution in [0.1, 0.15) is 16.9 Å². The van der Waals surface area contributed by atoms with Crippen LogP contribution in [0.15, 0.2) is 23.0 Å². The van der Waals surface area contributed by atoms with Gasteiger partial charge in [0.2, 0.25) is 5.56 Å². The van der Waals surface area contributed by atoms with Crippen molar-refractivity contribution in [2.75, 3.05) is 6.54 Å². The fraction of sp³-hybridized carbons (Fsp3) is 0.222. The molecule has 1 amide bonds. The monoisotopic (exact) mass is 191 g/mol. The second-order valence-corrected chi connectivity index (χ2v) is 2.59. The standard InChI is InChI=1S/C9H9N3O2/c10-5-2-6-11-9(14)7-3-1-4-8(13)12-7/h1,3-4H,2,6H2,(H,11,14)(H,12,13). The number of nitriles is 1. The Kier molecular flexibility index (Phi) is 3.44. The number of carbonyl (C=O) groups excluding carboxylic acids is 1. The Morgan fingerprint density at radius 2 is 2.36 bits per heavy atom. The molecule has 0 unspecified atom stereocenters. The predicted molar refractivity (Wildman–Crippen MR) is 49.6 cm³/mol. The molecule has 0 saturated carbocycles. The van der Waals surface area contributed by atoms with Gasteiger partial charge in [-0.25, -0.2) is 0 Å². The van der Waals surface area contributed by atoms with Crippen LogP contribution in [0.2, 0.25) is 0 Å². The lowest BCUT2D eigenvalue weighted by molar-refractivity contribution is 0.0949. The molecular formula is C9H9N3O2. The van der Waals surface area contributed by atoms with Gasteiger partial charge in [-0.05, 0) is 6.07 Å². The van der Waals surface area contributed by atoms with Crippen molar-refractivity contribution in [1.82, 2.24) is 10.3 Å². The predicted octanol–water partition coefficient (Wildman–Crippen LogP) is 0.0184. The van der Waals surface area contributed by atoms with Crippen molar-refractivity contribution in [1.29, 1.82) is 5.26 Å². The topological polar surface area (TPSA) is 85.8 Å². The van der Waals surface area contributed by atoms with Gasteiger partial charge < -0.3 is 10.3 Å². The Morgan fingerprint density at radius 1 is 1.57 bits per heavy atom. The maximum atomic E-state index is 11.3. The van der Waals surface area contributed by atoms with Gasteiger partial charge in [0.15, 0.2) is 0 Å². The van der Waals surface area contributed by atoms with E-state index in [0.29, 0.717) is 0 Å². The minimum atomic E-state index is -0.377. The van der Waals surface area contributed by atoms with Gasteiger partial charge >= 0.3 is 0 Å². The zero-order chi connectivity index (χ0) is 10.4. The van der Waals surface area contributed by atoms with E-state index in [0.717, 1.165) is 0 Å². The summed E-state index contributed by atoms with van der Waals surface area (Å²) in [6, 6.07) is 6.23. The van der Waals surface area contributed by atoms with Crippen LogP contribution in [0.5, 0.6) is 0 Å². The van der Waals surface area contributed by atoms with Crippen LogP contribution < -0.4 is 10.9 Å². The lowest BCUT2D eigenvalue weighted by atomic mass is 10.3. The normalized spacial score (nSPS) is 9.07. The number of pyridine rings is 1. The third kappa shape index (κ3) is 2.75. The highest BCUT2D eigenvalue weighted by molar-refractivity contribution is 5.92. The van der Waals surface area contributed by atoms with Crippen molar-refractivity contribution in [3.05, 3.63) is 34.2 Å². The van der Waals surface area contributed by atoms with E-state index in [2.05, 4.69) is 10.3 Å². The molecule has 1 aromatic heterocycles. The number of nitrogens with zero attached hydrogens (tertiary/aromatic N) is 1. The molecule has 1 aromatic rings. The second-order valence-electron chi connectivity index (χ2n) is 2.59. The average Bonchev–Trinajstić information content (AvgIpc) is 2.18. The van der Waals surface area contributed by atoms with Gasteiger partial charge in [-0.2, -0.15) is 5.26 Å². The highest BCUT2D eigenvalue weighted by Crippen LogP contribution is 1.89. The van der Waals surface area contributed by atoms with Gasteiger partial charge in [0.25, 0.3) is 5.91 Å². The second kappa shape index (κ2) is 4.82. The van der Waals surface area contributed by atoms with Crippen LogP contribution in [0, 0.1) is 11.3 Å². The molecule has 5 heteroatoms. The summed E-state index contributed by atoms with van der Waals surface area (Å²) in [7, 11) is 0. The molecule has 1 heterocycles. The number of amides is 1. The van der Waals surface area contributed by atoms with Crippen molar-refractivity contribution in [3.8, 4) is 6.07 Å². The third-order valence-electron chi connectivity index (χ3n) is 1.54. The van der Waals surface area contributed by atoms with Crippen LogP contribution in [0.4, 0.5) is 0 Å². The Morgan fingerprint density at radius 3 is 3.00 bits per heavy atom. The number of H-pyrrole nitrogens is 1. The molecule has 0 saturated heterocycles. The maximum Gasteiger partial charge on any atom is 0.267 e. The quantitative estimate of drug-likeness (QED) is 0.660. The summed E-state index contributed by atoms with van der Waals surface area (Å²) < 4.78 is 0. The first-order chi connectivity index (χ1) is 6.74. The molecule has 0 fully saturated rings. The van der Waals surface area contributed by atoms with Gasteiger partial charge in [0, 0.05) is 12.6 Å². The van der Waals surface area contributed by atoms with Crippen LogP contribution in [0.25, 0.3) is 0 Å². The van der Waals surface area contributed by atoms with E-state index in [9.17, 15) is 9.59 Å². The maximum absolute atomic E-state index is 11.3. The molecule has 0 spiro atoms. The fourth-order valence-electron chi connectivity index (χ4n) is 0.907. The van der Waals surface area contributed by atoms with E-state index in [1.54, 1.807) is 0 Å². The number of rotatable bonds is 3. The van der Waals surface area contributed by atoms with Crippen LogP contribution >= 0.6 is 0 Å². The van der Waals surface area contributed by atoms with E-state index in [1.807, 2.05) is 6.07 Å². The summed E-state index contributed by atoms with van der Waals surface area (Å²) in [6.45, 7) is 0.284. The molecule has 72 valence electrons. The zero-order valence-corrected chi connectivity index (χ0v) is 7.41. The summed E-state index contributed by atoms with van der Waals surface area (Å²) in [5, 5.41) is 10.7. The molecule has 2 N–H and O–H groups in total. The molecule has 0 aliphatic rings. The molecule has 0 bridgehead atoms. The minimum absolute atomic E-state index is 0.204. The van der Waals surface area contributed by atoms with E-state index >= 15 is 0 Å². The molecule has 1 rings (SSSR count). The largest absolute Gasteiger partial charge is 0.350 e. The number of hydrogen-bond donors (Lipinski definition) is 2. The fourth-order valence-corrected chi connectivity index (χ4v) is 0.907. The van der Waals surface area contributed by atoms with Gasteiger partial charge in [0.1, 0.15) is 5.69 Å². The van der Waals surface area contributed by atoms with Gasteiger partial charge in [-0.3, -0.25) is 9.59 Å². The smallest absolute Gasteiger partial charge is 0.267 e. The molecule has 0 radical (unpaired) electrons. The Bertz CT molecular complexity index is 417. The number of aromatic amines is 1. The van der Waals surface area contributed by atoms with E-state index in [-0.39, 0.29) is 30.1 Å². The summed E-state index contributed by atoms with van der Waals surface area (Å²) in [4.78, 5) is 24.5. The number of carbonyl (C=O) groups is 1. The zero-order valence-electron chi connectivity index (χ0n) is 7.41.